The first-order valence-electron chi connectivity index (χ1n) is 7.70. The highest BCUT2D eigenvalue weighted by atomic mass is 35.5. The molecule has 1 atom stereocenters. The summed E-state index contributed by atoms with van der Waals surface area (Å²) in [6.07, 6.45) is 2.58. The van der Waals surface area contributed by atoms with Crippen molar-refractivity contribution >= 4 is 23.5 Å². The van der Waals surface area contributed by atoms with Crippen LogP contribution in [-0.4, -0.2) is 40.7 Å². The molecule has 1 aliphatic heterocycles. The number of pyridine rings is 1. The summed E-state index contributed by atoms with van der Waals surface area (Å²) in [6.45, 7) is 7.08. The summed E-state index contributed by atoms with van der Waals surface area (Å²) >= 11 is 5.90. The molecule has 2 rings (SSSR count). The van der Waals surface area contributed by atoms with Crippen LogP contribution in [0.4, 0.5) is 10.6 Å². The number of aromatic nitrogens is 1. The van der Waals surface area contributed by atoms with Gasteiger partial charge in [-0.15, -0.1) is 0 Å². The van der Waals surface area contributed by atoms with Gasteiger partial charge in [0.25, 0.3) is 0 Å². The van der Waals surface area contributed by atoms with E-state index in [-0.39, 0.29) is 6.09 Å². The van der Waals surface area contributed by atoms with E-state index in [1.54, 1.807) is 11.0 Å². The number of hydrogen-bond acceptors (Lipinski definition) is 4. The predicted molar refractivity (Wildman–Crippen MR) is 88.3 cm³/mol. The number of nitrogens with one attached hydrogen (secondary N) is 1. The third-order valence-electron chi connectivity index (χ3n) is 3.45. The average molecular weight is 326 g/mol. The number of hydrogen-bond donors (Lipinski definition) is 1. The Kier molecular flexibility index (Phi) is 5.51. The highest BCUT2D eigenvalue weighted by Crippen LogP contribution is 2.19. The lowest BCUT2D eigenvalue weighted by Crippen LogP contribution is -2.37. The van der Waals surface area contributed by atoms with Crippen molar-refractivity contribution < 1.29 is 9.53 Å². The maximum absolute atomic E-state index is 12.1. The van der Waals surface area contributed by atoms with Gasteiger partial charge in [-0.25, -0.2) is 9.78 Å². The van der Waals surface area contributed by atoms with Gasteiger partial charge in [0.05, 0.1) is 0 Å². The Morgan fingerprint density at radius 1 is 1.36 bits per heavy atom. The van der Waals surface area contributed by atoms with Gasteiger partial charge in [0.2, 0.25) is 0 Å². The fourth-order valence-electron chi connectivity index (χ4n) is 2.45. The second-order valence-electron chi connectivity index (χ2n) is 6.59. The Labute approximate surface area is 137 Å². The van der Waals surface area contributed by atoms with Crippen LogP contribution in [0.1, 0.15) is 40.0 Å². The third kappa shape index (κ3) is 5.37. The van der Waals surface area contributed by atoms with Crippen molar-refractivity contribution in [3.05, 3.63) is 23.4 Å². The largest absolute Gasteiger partial charge is 0.444 e. The molecule has 0 saturated carbocycles. The van der Waals surface area contributed by atoms with Crippen LogP contribution in [0, 0.1) is 0 Å². The lowest BCUT2D eigenvalue weighted by Gasteiger charge is -2.26. The molecule has 1 aromatic heterocycles. The number of rotatable bonds is 2. The van der Waals surface area contributed by atoms with Crippen LogP contribution in [0.5, 0.6) is 0 Å². The molecule has 0 aliphatic carbocycles. The van der Waals surface area contributed by atoms with Gasteiger partial charge in [0.15, 0.2) is 0 Å². The van der Waals surface area contributed by atoms with Gasteiger partial charge in [-0.3, -0.25) is 0 Å². The molecule has 1 fully saturated rings. The second-order valence-corrected chi connectivity index (χ2v) is 6.97. The molecule has 6 heteroatoms. The number of nitrogens with zero attached hydrogens (tertiary/aromatic N) is 2. The molecular formula is C16H24ClN3O2. The summed E-state index contributed by atoms with van der Waals surface area (Å²) in [6, 6.07) is 5.83. The summed E-state index contributed by atoms with van der Waals surface area (Å²) in [5, 5.41) is 3.88. The maximum Gasteiger partial charge on any atom is 0.410 e. The summed E-state index contributed by atoms with van der Waals surface area (Å²) in [5.41, 5.74) is -0.453. The van der Waals surface area contributed by atoms with E-state index >= 15 is 0 Å². The van der Waals surface area contributed by atoms with Crippen molar-refractivity contribution in [1.82, 2.24) is 9.88 Å². The van der Waals surface area contributed by atoms with Crippen molar-refractivity contribution in [1.29, 1.82) is 0 Å². The molecule has 1 aromatic rings. The number of anilines is 1. The van der Waals surface area contributed by atoms with Crippen LogP contribution < -0.4 is 5.32 Å². The zero-order valence-corrected chi connectivity index (χ0v) is 14.2. The first-order chi connectivity index (χ1) is 10.3. The van der Waals surface area contributed by atoms with Gasteiger partial charge < -0.3 is 15.0 Å². The summed E-state index contributed by atoms with van der Waals surface area (Å²) in [7, 11) is 0. The SMILES string of the molecule is CC(C)(C)OC(=O)N1CCCC(Nc2cccc(Cl)n2)CC1. The Morgan fingerprint density at radius 2 is 2.14 bits per heavy atom. The zero-order chi connectivity index (χ0) is 16.2. The summed E-state index contributed by atoms with van der Waals surface area (Å²) < 4.78 is 5.44. The molecule has 5 nitrogen and oxygen atoms in total. The second kappa shape index (κ2) is 7.18. The molecule has 1 saturated heterocycles. The lowest BCUT2D eigenvalue weighted by molar-refractivity contribution is 0.0256. The van der Waals surface area contributed by atoms with Crippen molar-refractivity contribution in [2.24, 2.45) is 0 Å². The van der Waals surface area contributed by atoms with Crippen molar-refractivity contribution in [3.8, 4) is 0 Å². The molecule has 1 amide bonds. The van der Waals surface area contributed by atoms with Gasteiger partial charge in [-0.05, 0) is 52.2 Å². The number of halogens is 1. The number of ether oxygens (including phenoxy) is 1. The minimum absolute atomic E-state index is 0.228. The number of likely N-dealkylation sites (tertiary alicyclic amines) is 1. The van der Waals surface area contributed by atoms with E-state index in [4.69, 9.17) is 16.3 Å². The Hall–Kier alpha value is -1.49. The molecule has 0 aromatic carbocycles. The lowest BCUT2D eigenvalue weighted by atomic mass is 10.1. The van der Waals surface area contributed by atoms with E-state index in [1.807, 2.05) is 32.9 Å². The topological polar surface area (TPSA) is 54.5 Å². The summed E-state index contributed by atoms with van der Waals surface area (Å²) in [4.78, 5) is 18.2. The smallest absolute Gasteiger partial charge is 0.410 e. The summed E-state index contributed by atoms with van der Waals surface area (Å²) in [5.74, 6) is 0.781. The van der Waals surface area contributed by atoms with E-state index in [9.17, 15) is 4.79 Å². The van der Waals surface area contributed by atoms with Gasteiger partial charge in [0.1, 0.15) is 16.6 Å². The van der Waals surface area contributed by atoms with Crippen LogP contribution in [0.3, 0.4) is 0 Å². The van der Waals surface area contributed by atoms with Gasteiger partial charge in [-0.1, -0.05) is 17.7 Å². The number of carbonyl (C=O) groups excluding carboxylic acids is 1. The molecule has 0 radical (unpaired) electrons. The van der Waals surface area contributed by atoms with Crippen LogP contribution in [0.15, 0.2) is 18.2 Å². The molecule has 1 N–H and O–H groups in total. The Balaban J connectivity index is 1.88. The van der Waals surface area contributed by atoms with E-state index in [0.717, 1.165) is 31.6 Å². The van der Waals surface area contributed by atoms with Gasteiger partial charge in [0, 0.05) is 19.1 Å². The Bertz CT molecular complexity index is 516. The van der Waals surface area contributed by atoms with Crippen LogP contribution in [0.25, 0.3) is 0 Å². The van der Waals surface area contributed by atoms with E-state index < -0.39 is 5.60 Å². The molecule has 22 heavy (non-hydrogen) atoms. The van der Waals surface area contributed by atoms with Crippen LogP contribution in [-0.2, 0) is 4.74 Å². The first kappa shape index (κ1) is 16.9. The highest BCUT2D eigenvalue weighted by molar-refractivity contribution is 6.29. The maximum atomic E-state index is 12.1. The van der Waals surface area contributed by atoms with Crippen molar-refractivity contribution in [3.63, 3.8) is 0 Å². The van der Waals surface area contributed by atoms with Crippen molar-refractivity contribution in [2.45, 2.75) is 51.7 Å². The average Bonchev–Trinajstić information content (AvgIpc) is 2.62. The molecule has 1 unspecified atom stereocenters. The molecule has 0 spiro atoms. The number of amides is 1. The predicted octanol–water partition coefficient (Wildman–Crippen LogP) is 3.94. The van der Waals surface area contributed by atoms with Gasteiger partial charge in [-0.2, -0.15) is 0 Å². The standard InChI is InChI=1S/C16H24ClN3O2/c1-16(2,3)22-15(21)20-10-5-6-12(9-11-20)18-14-8-4-7-13(17)19-14/h4,7-8,12H,5-6,9-11H2,1-3H3,(H,18,19). The number of carbonyl (C=O) groups is 1. The molecule has 1 aliphatic rings. The normalized spacial score (nSPS) is 19.5. The molecule has 122 valence electrons. The minimum atomic E-state index is -0.453. The monoisotopic (exact) mass is 325 g/mol. The zero-order valence-electron chi connectivity index (χ0n) is 13.4. The highest BCUT2D eigenvalue weighted by Gasteiger charge is 2.25. The van der Waals surface area contributed by atoms with E-state index in [2.05, 4.69) is 10.3 Å². The van der Waals surface area contributed by atoms with Crippen LogP contribution >= 0.6 is 11.6 Å². The molecular weight excluding hydrogens is 302 g/mol. The quantitative estimate of drug-likeness (QED) is 0.837. The Morgan fingerprint density at radius 3 is 2.82 bits per heavy atom. The van der Waals surface area contributed by atoms with Gasteiger partial charge >= 0.3 is 6.09 Å². The van der Waals surface area contributed by atoms with E-state index in [1.165, 1.54) is 0 Å². The fourth-order valence-corrected chi connectivity index (χ4v) is 2.61. The molecule has 2 heterocycles. The fraction of sp³-hybridized carbons (Fsp3) is 0.625. The molecule has 0 bridgehead atoms. The minimum Gasteiger partial charge on any atom is -0.444 e. The first-order valence-corrected chi connectivity index (χ1v) is 8.08. The van der Waals surface area contributed by atoms with Crippen LogP contribution in [0.2, 0.25) is 5.15 Å². The third-order valence-corrected chi connectivity index (χ3v) is 3.66. The van der Waals surface area contributed by atoms with E-state index in [0.29, 0.717) is 17.7 Å². The van der Waals surface area contributed by atoms with Crippen molar-refractivity contribution in [2.75, 3.05) is 18.4 Å².